The normalized spacial score (nSPS) is 11.5. The smallest absolute Gasteiger partial charge is 0.145 e. The van der Waals surface area contributed by atoms with Gasteiger partial charge in [0.2, 0.25) is 0 Å². The second-order valence-corrected chi connectivity index (χ2v) is 6.24. The highest BCUT2D eigenvalue weighted by atomic mass is 16.3. The Morgan fingerprint density at radius 2 is 1.89 bits per heavy atom. The number of benzene rings is 2. The fraction of sp³-hybridized carbons (Fsp3) is 0.0909. The number of aryl methyl sites for hydroxylation is 1. The van der Waals surface area contributed by atoms with E-state index < -0.39 is 0 Å². The highest BCUT2D eigenvalue weighted by Crippen LogP contribution is 2.29. The van der Waals surface area contributed by atoms with Crippen molar-refractivity contribution < 1.29 is 14.6 Å². The van der Waals surface area contributed by atoms with E-state index in [0.29, 0.717) is 16.8 Å². The monoisotopic (exact) mass is 358 g/mol. The minimum absolute atomic E-state index is 0.0317. The summed E-state index contributed by atoms with van der Waals surface area (Å²) in [5.41, 5.74) is 4.05. The molecule has 0 aliphatic rings. The van der Waals surface area contributed by atoms with Crippen LogP contribution in [0.4, 0.5) is 5.69 Å². The van der Waals surface area contributed by atoms with E-state index in [1.807, 2.05) is 54.6 Å². The molecule has 0 saturated heterocycles. The third-order valence-electron chi connectivity index (χ3n) is 4.45. The molecule has 0 aliphatic carbocycles. The quantitative estimate of drug-likeness (QED) is 0.516. The van der Waals surface area contributed by atoms with Crippen molar-refractivity contribution in [1.29, 1.82) is 0 Å². The van der Waals surface area contributed by atoms with Crippen LogP contribution in [0.25, 0.3) is 22.3 Å². The van der Waals surface area contributed by atoms with Crippen LogP contribution < -0.4 is 0 Å². The summed E-state index contributed by atoms with van der Waals surface area (Å²) in [6.45, 7) is 1.49. The van der Waals surface area contributed by atoms with E-state index in [9.17, 15) is 10.2 Å². The van der Waals surface area contributed by atoms with Crippen LogP contribution in [0.2, 0.25) is 0 Å². The van der Waals surface area contributed by atoms with E-state index in [2.05, 4.69) is 9.98 Å². The van der Waals surface area contributed by atoms with E-state index in [-0.39, 0.29) is 12.4 Å². The molecule has 134 valence electrons. The number of aliphatic imine (C=N–C) groups is 1. The number of furan rings is 1. The average molecular weight is 358 g/mol. The number of aromatic nitrogens is 1. The van der Waals surface area contributed by atoms with Crippen LogP contribution >= 0.6 is 0 Å². The van der Waals surface area contributed by atoms with Crippen LogP contribution in [0.1, 0.15) is 16.8 Å². The lowest BCUT2D eigenvalue weighted by atomic mass is 10.1. The summed E-state index contributed by atoms with van der Waals surface area (Å²) in [4.78, 5) is 8.46. The summed E-state index contributed by atoms with van der Waals surface area (Å²) in [5, 5.41) is 20.7. The third kappa shape index (κ3) is 3.32. The molecule has 27 heavy (non-hydrogen) atoms. The number of aliphatic hydroxyl groups is 1. The number of aromatic hydroxyl groups is 1. The molecule has 2 aromatic carbocycles. The number of aliphatic hydroxyl groups excluding tert-OH is 1. The second-order valence-electron chi connectivity index (χ2n) is 6.24. The number of rotatable bonds is 4. The Morgan fingerprint density at radius 3 is 2.63 bits per heavy atom. The van der Waals surface area contributed by atoms with Gasteiger partial charge in [-0.25, -0.2) is 0 Å². The number of hydrogen-bond acceptors (Lipinski definition) is 5. The molecule has 5 heteroatoms. The Morgan fingerprint density at radius 1 is 1.11 bits per heavy atom. The molecule has 4 aromatic rings. The lowest BCUT2D eigenvalue weighted by molar-refractivity contribution is 0.280. The van der Waals surface area contributed by atoms with Gasteiger partial charge in [-0.1, -0.05) is 18.2 Å². The van der Waals surface area contributed by atoms with E-state index in [0.717, 1.165) is 28.0 Å². The molecule has 4 rings (SSSR count). The number of nitrogens with zero attached hydrogens (tertiary/aromatic N) is 2. The molecule has 0 bridgehead atoms. The highest BCUT2D eigenvalue weighted by Gasteiger charge is 2.09. The summed E-state index contributed by atoms with van der Waals surface area (Å²) in [7, 11) is 0. The molecule has 0 fully saturated rings. The Hall–Kier alpha value is -3.44. The lowest BCUT2D eigenvalue weighted by Crippen LogP contribution is -1.97. The zero-order chi connectivity index (χ0) is 18.8. The van der Waals surface area contributed by atoms with Crippen molar-refractivity contribution in [2.45, 2.75) is 13.5 Å². The molecule has 5 nitrogen and oxygen atoms in total. The Kier molecular flexibility index (Phi) is 4.44. The molecule has 0 amide bonds. The van der Waals surface area contributed by atoms with Gasteiger partial charge in [0.15, 0.2) is 0 Å². The SMILES string of the molecule is Cc1ncc(CO)c(C=Nc2ccc(-c3cc4ccccc4o3)cc2)c1O. The molecule has 0 saturated carbocycles. The van der Waals surface area contributed by atoms with Crippen molar-refractivity contribution in [3.8, 4) is 17.1 Å². The minimum Gasteiger partial charge on any atom is -0.505 e. The standard InChI is InChI=1S/C22H18N2O3/c1-14-22(26)19(17(13-25)11-23-14)12-24-18-8-6-15(7-9-18)21-10-16-4-2-3-5-20(16)27-21/h2-12,25-26H,13H2,1H3. The van der Waals surface area contributed by atoms with Crippen molar-refractivity contribution >= 4 is 22.9 Å². The first-order valence-electron chi connectivity index (χ1n) is 8.57. The van der Waals surface area contributed by atoms with E-state index in [1.54, 1.807) is 19.3 Å². The molecule has 0 unspecified atom stereocenters. The largest absolute Gasteiger partial charge is 0.505 e. The first-order chi connectivity index (χ1) is 13.2. The van der Waals surface area contributed by atoms with Crippen LogP contribution in [0.3, 0.4) is 0 Å². The maximum atomic E-state index is 10.2. The summed E-state index contributed by atoms with van der Waals surface area (Å²) in [5.74, 6) is 0.834. The topological polar surface area (TPSA) is 78.9 Å². The van der Waals surface area contributed by atoms with Crippen molar-refractivity contribution in [2.24, 2.45) is 4.99 Å². The Balaban J connectivity index is 1.61. The summed E-state index contributed by atoms with van der Waals surface area (Å²) < 4.78 is 5.88. The van der Waals surface area contributed by atoms with Gasteiger partial charge in [-0.05, 0) is 43.3 Å². The van der Waals surface area contributed by atoms with Crippen LogP contribution in [-0.2, 0) is 6.61 Å². The summed E-state index contributed by atoms with van der Waals surface area (Å²) >= 11 is 0. The number of para-hydroxylation sites is 1. The van der Waals surface area contributed by atoms with E-state index >= 15 is 0 Å². The van der Waals surface area contributed by atoms with Gasteiger partial charge >= 0.3 is 0 Å². The second kappa shape index (κ2) is 7.05. The molecule has 0 spiro atoms. The molecule has 2 aromatic heterocycles. The highest BCUT2D eigenvalue weighted by molar-refractivity contribution is 5.88. The molecular weight excluding hydrogens is 340 g/mol. The fourth-order valence-electron chi connectivity index (χ4n) is 2.90. The van der Waals surface area contributed by atoms with Gasteiger partial charge in [0, 0.05) is 34.5 Å². The van der Waals surface area contributed by atoms with E-state index in [1.165, 1.54) is 0 Å². The number of pyridine rings is 1. The predicted molar refractivity (Wildman–Crippen MR) is 105 cm³/mol. The Labute approximate surface area is 156 Å². The van der Waals surface area contributed by atoms with Crippen LogP contribution in [0, 0.1) is 6.92 Å². The summed E-state index contributed by atoms with van der Waals surface area (Å²) in [6, 6.07) is 17.5. The van der Waals surface area contributed by atoms with Crippen LogP contribution in [0.15, 0.2) is 70.2 Å². The van der Waals surface area contributed by atoms with Crippen LogP contribution in [-0.4, -0.2) is 21.4 Å². The molecular formula is C22H18N2O3. The van der Waals surface area contributed by atoms with Gasteiger partial charge in [-0.2, -0.15) is 0 Å². The number of hydrogen-bond donors (Lipinski definition) is 2. The molecule has 0 atom stereocenters. The first kappa shape index (κ1) is 17.0. The zero-order valence-corrected chi connectivity index (χ0v) is 14.8. The molecule has 2 heterocycles. The van der Waals surface area contributed by atoms with Gasteiger partial charge in [0.1, 0.15) is 17.1 Å². The van der Waals surface area contributed by atoms with Gasteiger partial charge in [-0.3, -0.25) is 9.98 Å². The average Bonchev–Trinajstić information content (AvgIpc) is 3.13. The van der Waals surface area contributed by atoms with Crippen molar-refractivity contribution in [3.05, 3.63) is 77.6 Å². The van der Waals surface area contributed by atoms with Gasteiger partial charge in [0.25, 0.3) is 0 Å². The van der Waals surface area contributed by atoms with E-state index in [4.69, 9.17) is 4.42 Å². The van der Waals surface area contributed by atoms with Gasteiger partial charge < -0.3 is 14.6 Å². The van der Waals surface area contributed by atoms with Crippen LogP contribution in [0.5, 0.6) is 5.75 Å². The Bertz CT molecular complexity index is 1100. The molecule has 2 N–H and O–H groups in total. The van der Waals surface area contributed by atoms with Crippen molar-refractivity contribution in [3.63, 3.8) is 0 Å². The maximum Gasteiger partial charge on any atom is 0.145 e. The van der Waals surface area contributed by atoms with Gasteiger partial charge in [-0.15, -0.1) is 0 Å². The molecule has 0 radical (unpaired) electrons. The van der Waals surface area contributed by atoms with Gasteiger partial charge in [0.05, 0.1) is 18.0 Å². The van der Waals surface area contributed by atoms with Crippen molar-refractivity contribution in [1.82, 2.24) is 4.98 Å². The fourth-order valence-corrected chi connectivity index (χ4v) is 2.90. The number of fused-ring (bicyclic) bond motifs is 1. The van der Waals surface area contributed by atoms with Crippen molar-refractivity contribution in [2.75, 3.05) is 0 Å². The lowest BCUT2D eigenvalue weighted by Gasteiger charge is -2.07. The predicted octanol–water partition coefficient (Wildman–Crippen LogP) is 4.75. The first-order valence-corrected chi connectivity index (χ1v) is 8.57. The zero-order valence-electron chi connectivity index (χ0n) is 14.8. The maximum absolute atomic E-state index is 10.2. The minimum atomic E-state index is -0.215. The summed E-state index contributed by atoms with van der Waals surface area (Å²) in [6.07, 6.45) is 3.09. The third-order valence-corrected chi connectivity index (χ3v) is 4.45. The molecule has 0 aliphatic heterocycles.